The Morgan fingerprint density at radius 1 is 1.53 bits per heavy atom. The molecule has 0 aromatic carbocycles. The van der Waals surface area contributed by atoms with Gasteiger partial charge in [-0.2, -0.15) is 0 Å². The van der Waals surface area contributed by atoms with Gasteiger partial charge in [0.05, 0.1) is 6.04 Å². The number of hydrogen-bond acceptors (Lipinski definition) is 3. The summed E-state index contributed by atoms with van der Waals surface area (Å²) in [6.07, 6.45) is 7.91. The van der Waals surface area contributed by atoms with E-state index >= 15 is 0 Å². The number of nitrogens with one attached hydrogen (secondary N) is 1. The number of piperidine rings is 1. The van der Waals surface area contributed by atoms with E-state index in [9.17, 15) is 4.79 Å². The van der Waals surface area contributed by atoms with Gasteiger partial charge in [0.15, 0.2) is 0 Å². The molecule has 1 amide bonds. The van der Waals surface area contributed by atoms with E-state index in [0.29, 0.717) is 5.95 Å². The fourth-order valence-electron chi connectivity index (χ4n) is 2.52. The van der Waals surface area contributed by atoms with Crippen LogP contribution in [0.3, 0.4) is 0 Å². The summed E-state index contributed by atoms with van der Waals surface area (Å²) in [5.41, 5.74) is 0. The Balaban J connectivity index is 0.00000180. The van der Waals surface area contributed by atoms with Crippen LogP contribution in [-0.4, -0.2) is 39.5 Å². The van der Waals surface area contributed by atoms with E-state index in [1.54, 1.807) is 6.20 Å². The van der Waals surface area contributed by atoms with E-state index in [4.69, 9.17) is 0 Å². The van der Waals surface area contributed by atoms with Gasteiger partial charge in [0.2, 0.25) is 11.9 Å². The number of anilines is 1. The van der Waals surface area contributed by atoms with E-state index in [0.717, 1.165) is 32.4 Å². The molecule has 2 heterocycles. The molecular formula is C13H23ClN4O. The summed E-state index contributed by atoms with van der Waals surface area (Å²) in [5.74, 6) is 0.708. The highest BCUT2D eigenvalue weighted by Gasteiger charge is 2.28. The molecule has 6 heteroatoms. The number of aryl methyl sites for hydroxylation is 1. The molecule has 1 N–H and O–H groups in total. The predicted octanol–water partition coefficient (Wildman–Crippen LogP) is 2.04. The van der Waals surface area contributed by atoms with Crippen LogP contribution in [-0.2, 0) is 11.8 Å². The molecule has 0 spiro atoms. The average Bonchev–Trinajstić information content (AvgIpc) is 2.76. The minimum absolute atomic E-state index is 0. The number of carbonyl (C=O) groups excluding carboxylic acids is 1. The lowest BCUT2D eigenvalue weighted by atomic mass is 10.0. The van der Waals surface area contributed by atoms with Crippen molar-refractivity contribution in [3.63, 3.8) is 0 Å². The number of aromatic nitrogens is 2. The predicted molar refractivity (Wildman–Crippen MR) is 78.6 cm³/mol. The first-order valence-corrected chi connectivity index (χ1v) is 6.74. The number of imidazole rings is 1. The van der Waals surface area contributed by atoms with E-state index in [2.05, 4.69) is 22.1 Å². The van der Waals surface area contributed by atoms with Crippen LogP contribution < -0.4 is 5.32 Å². The Kier molecular flexibility index (Phi) is 6.31. The number of nitrogens with zero attached hydrogens (tertiary/aromatic N) is 3. The van der Waals surface area contributed by atoms with Crippen molar-refractivity contribution >= 4 is 24.3 Å². The van der Waals surface area contributed by atoms with Gasteiger partial charge >= 0.3 is 0 Å². The van der Waals surface area contributed by atoms with E-state index < -0.39 is 0 Å². The third kappa shape index (κ3) is 3.94. The maximum Gasteiger partial charge on any atom is 0.244 e. The fraction of sp³-hybridized carbons (Fsp3) is 0.692. The largest absolute Gasteiger partial charge is 0.320 e. The fourth-order valence-corrected chi connectivity index (χ4v) is 2.52. The van der Waals surface area contributed by atoms with Gasteiger partial charge in [0, 0.05) is 19.4 Å². The second-order valence-corrected chi connectivity index (χ2v) is 4.90. The SMILES string of the molecule is CCCN1CCCC[C@H]1C(=O)Nc1nccn1C.Cl. The summed E-state index contributed by atoms with van der Waals surface area (Å²) in [6, 6.07) is 0.00963. The number of likely N-dealkylation sites (tertiary alicyclic amines) is 1. The number of halogens is 1. The smallest absolute Gasteiger partial charge is 0.244 e. The highest BCUT2D eigenvalue weighted by atomic mass is 35.5. The Bertz CT molecular complexity index is 405. The summed E-state index contributed by atoms with van der Waals surface area (Å²) >= 11 is 0. The zero-order valence-electron chi connectivity index (χ0n) is 11.6. The zero-order valence-corrected chi connectivity index (χ0v) is 12.4. The first-order chi connectivity index (χ1) is 8.72. The van der Waals surface area contributed by atoms with Crippen LogP contribution in [0.15, 0.2) is 12.4 Å². The number of carbonyl (C=O) groups is 1. The van der Waals surface area contributed by atoms with Crippen LogP contribution >= 0.6 is 12.4 Å². The molecule has 1 aliphatic rings. The standard InChI is InChI=1S/C13H22N4O.ClH/c1-3-8-17-9-5-4-6-11(17)12(18)15-13-14-7-10-16(13)2;/h7,10-11H,3-6,8-9H2,1-2H3,(H,14,15,18);1H/t11-;/m0./s1. The van der Waals surface area contributed by atoms with E-state index in [-0.39, 0.29) is 24.4 Å². The van der Waals surface area contributed by atoms with Crippen molar-refractivity contribution in [2.24, 2.45) is 7.05 Å². The van der Waals surface area contributed by atoms with Gasteiger partial charge in [-0.3, -0.25) is 15.0 Å². The van der Waals surface area contributed by atoms with Crippen molar-refractivity contribution in [3.8, 4) is 0 Å². The molecule has 1 fully saturated rings. The molecule has 1 aliphatic heterocycles. The normalized spacial score (nSPS) is 19.8. The molecule has 19 heavy (non-hydrogen) atoms. The first kappa shape index (κ1) is 16.0. The molecule has 108 valence electrons. The van der Waals surface area contributed by atoms with E-state index in [1.165, 1.54) is 6.42 Å². The molecule has 0 aliphatic carbocycles. The molecule has 1 atom stereocenters. The summed E-state index contributed by atoms with van der Waals surface area (Å²) < 4.78 is 1.82. The molecule has 0 saturated carbocycles. The molecule has 2 rings (SSSR count). The first-order valence-electron chi connectivity index (χ1n) is 6.74. The van der Waals surface area contributed by atoms with Crippen molar-refractivity contribution in [1.29, 1.82) is 0 Å². The lowest BCUT2D eigenvalue weighted by molar-refractivity contribution is -0.122. The molecular weight excluding hydrogens is 264 g/mol. The van der Waals surface area contributed by atoms with E-state index in [1.807, 2.05) is 17.8 Å². The molecule has 1 aromatic heterocycles. The molecule has 5 nitrogen and oxygen atoms in total. The van der Waals surface area contributed by atoms with Gasteiger partial charge in [0.25, 0.3) is 0 Å². The molecule has 0 unspecified atom stereocenters. The Morgan fingerprint density at radius 3 is 2.95 bits per heavy atom. The van der Waals surface area contributed by atoms with Crippen LogP contribution in [0.5, 0.6) is 0 Å². The maximum absolute atomic E-state index is 12.3. The quantitative estimate of drug-likeness (QED) is 0.922. The summed E-state index contributed by atoms with van der Waals surface area (Å²) in [5, 5.41) is 2.92. The average molecular weight is 287 g/mol. The van der Waals surface area contributed by atoms with Gasteiger partial charge in [-0.15, -0.1) is 12.4 Å². The minimum atomic E-state index is 0. The van der Waals surface area contributed by atoms with Crippen LogP contribution in [0.2, 0.25) is 0 Å². The number of amides is 1. The van der Waals surface area contributed by atoms with Crippen molar-refractivity contribution in [3.05, 3.63) is 12.4 Å². The highest BCUT2D eigenvalue weighted by molar-refractivity contribution is 5.93. The van der Waals surface area contributed by atoms with Crippen LogP contribution in [0, 0.1) is 0 Å². The van der Waals surface area contributed by atoms with Gasteiger partial charge in [-0.25, -0.2) is 4.98 Å². The third-order valence-electron chi connectivity index (χ3n) is 3.48. The second kappa shape index (κ2) is 7.50. The van der Waals surface area contributed by atoms with Crippen molar-refractivity contribution in [2.45, 2.75) is 38.6 Å². The topological polar surface area (TPSA) is 50.2 Å². The Morgan fingerprint density at radius 2 is 2.32 bits per heavy atom. The Hall–Kier alpha value is -1.07. The van der Waals surface area contributed by atoms with Gasteiger partial charge in [0.1, 0.15) is 0 Å². The maximum atomic E-state index is 12.3. The molecule has 0 radical (unpaired) electrons. The van der Waals surface area contributed by atoms with Gasteiger partial charge < -0.3 is 4.57 Å². The van der Waals surface area contributed by atoms with Crippen molar-refractivity contribution in [2.75, 3.05) is 18.4 Å². The van der Waals surface area contributed by atoms with Gasteiger partial charge in [-0.05, 0) is 32.4 Å². The Labute approximate surface area is 120 Å². The molecule has 1 aromatic rings. The molecule has 0 bridgehead atoms. The van der Waals surface area contributed by atoms with Crippen LogP contribution in [0.25, 0.3) is 0 Å². The van der Waals surface area contributed by atoms with Crippen molar-refractivity contribution in [1.82, 2.24) is 14.5 Å². The lowest BCUT2D eigenvalue weighted by Crippen LogP contribution is -2.47. The second-order valence-electron chi connectivity index (χ2n) is 4.90. The molecule has 1 saturated heterocycles. The number of hydrogen-bond donors (Lipinski definition) is 1. The highest BCUT2D eigenvalue weighted by Crippen LogP contribution is 2.18. The zero-order chi connectivity index (χ0) is 13.0. The summed E-state index contributed by atoms with van der Waals surface area (Å²) in [6.45, 7) is 4.19. The third-order valence-corrected chi connectivity index (χ3v) is 3.48. The van der Waals surface area contributed by atoms with Crippen LogP contribution in [0.4, 0.5) is 5.95 Å². The monoisotopic (exact) mass is 286 g/mol. The van der Waals surface area contributed by atoms with Gasteiger partial charge in [-0.1, -0.05) is 13.3 Å². The lowest BCUT2D eigenvalue weighted by Gasteiger charge is -2.34. The minimum Gasteiger partial charge on any atom is -0.320 e. The summed E-state index contributed by atoms with van der Waals surface area (Å²) in [7, 11) is 1.88. The van der Waals surface area contributed by atoms with Crippen LogP contribution in [0.1, 0.15) is 32.6 Å². The number of rotatable bonds is 4. The van der Waals surface area contributed by atoms with Crippen molar-refractivity contribution < 1.29 is 4.79 Å². The summed E-state index contributed by atoms with van der Waals surface area (Å²) in [4.78, 5) is 18.7.